The summed E-state index contributed by atoms with van der Waals surface area (Å²) in [4.78, 5) is 20.8. The van der Waals surface area contributed by atoms with Crippen molar-refractivity contribution in [3.05, 3.63) is 34.1 Å². The van der Waals surface area contributed by atoms with Crippen molar-refractivity contribution < 1.29 is 46.1 Å². The lowest BCUT2D eigenvalue weighted by Gasteiger charge is -2.14. The maximum Gasteiger partial charge on any atom is 0.420 e. The van der Waals surface area contributed by atoms with Gasteiger partial charge in [0.05, 0.1) is 0 Å². The number of carboxylic acids is 2. The third-order valence-corrected chi connectivity index (χ3v) is 2.03. The van der Waals surface area contributed by atoms with Crippen LogP contribution >= 0.6 is 0 Å². The van der Waals surface area contributed by atoms with E-state index in [1.165, 1.54) is 0 Å². The van der Waals surface area contributed by atoms with Crippen LogP contribution in [-0.2, 0) is 6.18 Å². The normalized spacial score (nSPS) is 11.5. The van der Waals surface area contributed by atoms with E-state index in [9.17, 15) is 35.9 Å². The molecule has 1 aromatic rings. The Bertz CT molecular complexity index is 577. The zero-order valence-electron chi connectivity index (χ0n) is 8.48. The minimum absolute atomic E-state index is 2.21. The first-order chi connectivity index (χ1) is 8.50. The average molecular weight is 288 g/mol. The highest BCUT2D eigenvalue weighted by atomic mass is 19.4. The van der Waals surface area contributed by atoms with Crippen LogP contribution in [0.2, 0.25) is 0 Å². The second-order valence-corrected chi connectivity index (χ2v) is 3.18. The Morgan fingerprint density at radius 3 is 1.47 bits per heavy atom. The number of hydrogen-bond acceptors (Lipinski definition) is 2. The molecule has 0 atom stereocenters. The zero-order valence-corrected chi connectivity index (χ0v) is 8.48. The standard InChI is InChI=1S/C9H2F6O4/c10-4-2(8(18)19)6(12)5(11)1(7(16)17)3(4)9(13,14)15/h(H,16,17)(H,18,19). The zero-order chi connectivity index (χ0) is 15.1. The Kier molecular flexibility index (Phi) is 3.46. The van der Waals surface area contributed by atoms with Crippen LogP contribution in [0.5, 0.6) is 0 Å². The van der Waals surface area contributed by atoms with E-state index in [0.717, 1.165) is 0 Å². The third-order valence-electron chi connectivity index (χ3n) is 2.03. The second kappa shape index (κ2) is 4.44. The van der Waals surface area contributed by atoms with Gasteiger partial charge < -0.3 is 10.2 Å². The highest BCUT2D eigenvalue weighted by Gasteiger charge is 2.44. The van der Waals surface area contributed by atoms with Gasteiger partial charge in [-0.25, -0.2) is 22.8 Å². The molecule has 0 aliphatic heterocycles. The van der Waals surface area contributed by atoms with Gasteiger partial charge in [-0.1, -0.05) is 0 Å². The molecule has 0 saturated carbocycles. The number of rotatable bonds is 2. The minimum Gasteiger partial charge on any atom is -0.478 e. The summed E-state index contributed by atoms with van der Waals surface area (Å²) in [6, 6.07) is 0. The Morgan fingerprint density at radius 1 is 0.789 bits per heavy atom. The van der Waals surface area contributed by atoms with Crippen LogP contribution in [0.1, 0.15) is 26.3 Å². The van der Waals surface area contributed by atoms with Crippen molar-refractivity contribution in [1.29, 1.82) is 0 Å². The molecule has 1 rings (SSSR count). The molecule has 2 N–H and O–H groups in total. The van der Waals surface area contributed by atoms with Crippen molar-refractivity contribution in [1.82, 2.24) is 0 Å². The highest BCUT2D eigenvalue weighted by Crippen LogP contribution is 2.37. The number of carbonyl (C=O) groups is 2. The molecule has 0 fully saturated rings. The molecule has 0 aliphatic rings. The SMILES string of the molecule is O=C(O)c1c(F)c(F)c(C(=O)O)c(C(F)(F)F)c1F. The Hall–Kier alpha value is -2.26. The summed E-state index contributed by atoms with van der Waals surface area (Å²) in [7, 11) is 0. The minimum atomic E-state index is -5.71. The highest BCUT2D eigenvalue weighted by molar-refractivity contribution is 5.94. The number of halogens is 6. The van der Waals surface area contributed by atoms with Gasteiger partial charge in [0, 0.05) is 0 Å². The van der Waals surface area contributed by atoms with E-state index in [2.05, 4.69) is 0 Å². The molecule has 104 valence electrons. The van der Waals surface area contributed by atoms with Gasteiger partial charge in [-0.15, -0.1) is 0 Å². The van der Waals surface area contributed by atoms with E-state index in [0.29, 0.717) is 0 Å². The van der Waals surface area contributed by atoms with Crippen LogP contribution in [0.4, 0.5) is 26.3 Å². The van der Waals surface area contributed by atoms with E-state index in [1.807, 2.05) is 0 Å². The molecular formula is C9H2F6O4. The maximum absolute atomic E-state index is 13.3. The molecular weight excluding hydrogens is 286 g/mol. The summed E-state index contributed by atoms with van der Waals surface area (Å²) in [5.41, 5.74) is -7.21. The average Bonchev–Trinajstić information content (AvgIpc) is 2.20. The number of hydrogen-bond donors (Lipinski definition) is 2. The van der Waals surface area contributed by atoms with Gasteiger partial charge in [0.25, 0.3) is 0 Å². The van der Waals surface area contributed by atoms with Crippen molar-refractivity contribution in [2.75, 3.05) is 0 Å². The second-order valence-electron chi connectivity index (χ2n) is 3.18. The Labute approximate surface area is 99.4 Å². The van der Waals surface area contributed by atoms with Crippen LogP contribution < -0.4 is 0 Å². The lowest BCUT2D eigenvalue weighted by Crippen LogP contribution is -2.22. The summed E-state index contributed by atoms with van der Waals surface area (Å²) in [5, 5.41) is 16.7. The molecule has 0 aromatic heterocycles. The first-order valence-electron chi connectivity index (χ1n) is 4.24. The fourth-order valence-electron chi connectivity index (χ4n) is 1.32. The topological polar surface area (TPSA) is 74.6 Å². The van der Waals surface area contributed by atoms with Gasteiger partial charge in [-0.05, 0) is 0 Å². The van der Waals surface area contributed by atoms with Crippen molar-refractivity contribution in [3.63, 3.8) is 0 Å². The molecule has 0 aliphatic carbocycles. The summed E-state index contributed by atoms with van der Waals surface area (Å²) in [6.07, 6.45) is -5.71. The molecule has 0 unspecified atom stereocenters. The van der Waals surface area contributed by atoms with E-state index < -0.39 is 52.3 Å². The van der Waals surface area contributed by atoms with Crippen molar-refractivity contribution in [3.8, 4) is 0 Å². The first kappa shape index (κ1) is 14.8. The lowest BCUT2D eigenvalue weighted by molar-refractivity contribution is -0.140. The first-order valence-corrected chi connectivity index (χ1v) is 4.24. The Morgan fingerprint density at radius 2 is 1.16 bits per heavy atom. The lowest BCUT2D eigenvalue weighted by atomic mass is 10.0. The van der Waals surface area contributed by atoms with Crippen LogP contribution in [0, 0.1) is 17.5 Å². The summed E-state index contributed by atoms with van der Waals surface area (Å²) in [5.74, 6) is -12.9. The predicted octanol–water partition coefficient (Wildman–Crippen LogP) is 2.52. The van der Waals surface area contributed by atoms with Crippen LogP contribution in [0.15, 0.2) is 0 Å². The fraction of sp³-hybridized carbons (Fsp3) is 0.111. The maximum atomic E-state index is 13.3. The molecule has 0 spiro atoms. The molecule has 0 heterocycles. The molecule has 0 bridgehead atoms. The summed E-state index contributed by atoms with van der Waals surface area (Å²) >= 11 is 0. The number of aromatic carboxylic acids is 2. The Balaban J connectivity index is 3.98. The van der Waals surface area contributed by atoms with Gasteiger partial charge >= 0.3 is 18.1 Å². The predicted molar refractivity (Wildman–Crippen MR) is 45.2 cm³/mol. The van der Waals surface area contributed by atoms with E-state index in [-0.39, 0.29) is 0 Å². The summed E-state index contributed by atoms with van der Waals surface area (Å²) in [6.45, 7) is 0. The molecule has 10 heteroatoms. The summed E-state index contributed by atoms with van der Waals surface area (Å²) < 4.78 is 76.9. The van der Waals surface area contributed by atoms with Crippen molar-refractivity contribution >= 4 is 11.9 Å². The van der Waals surface area contributed by atoms with E-state index >= 15 is 0 Å². The molecule has 0 radical (unpaired) electrons. The van der Waals surface area contributed by atoms with Crippen LogP contribution in [0.3, 0.4) is 0 Å². The van der Waals surface area contributed by atoms with Gasteiger partial charge in [0.1, 0.15) is 16.7 Å². The third kappa shape index (κ3) is 2.33. The van der Waals surface area contributed by atoms with Gasteiger partial charge in [-0.3, -0.25) is 0 Å². The molecule has 19 heavy (non-hydrogen) atoms. The van der Waals surface area contributed by atoms with Crippen LogP contribution in [-0.4, -0.2) is 22.2 Å². The smallest absolute Gasteiger partial charge is 0.420 e. The van der Waals surface area contributed by atoms with Crippen LogP contribution in [0.25, 0.3) is 0 Å². The van der Waals surface area contributed by atoms with Gasteiger partial charge in [0.2, 0.25) is 0 Å². The monoisotopic (exact) mass is 288 g/mol. The van der Waals surface area contributed by atoms with Gasteiger partial charge in [-0.2, -0.15) is 13.2 Å². The molecule has 1 aromatic carbocycles. The quantitative estimate of drug-likeness (QED) is 0.647. The van der Waals surface area contributed by atoms with Crippen molar-refractivity contribution in [2.24, 2.45) is 0 Å². The number of alkyl halides is 3. The molecule has 0 saturated heterocycles. The number of benzene rings is 1. The van der Waals surface area contributed by atoms with Gasteiger partial charge in [0.15, 0.2) is 17.5 Å². The number of carboxylic acid groups (broad SMARTS) is 2. The van der Waals surface area contributed by atoms with E-state index in [1.54, 1.807) is 0 Å². The molecule has 4 nitrogen and oxygen atoms in total. The molecule has 0 amide bonds. The van der Waals surface area contributed by atoms with Crippen molar-refractivity contribution in [2.45, 2.75) is 6.18 Å². The largest absolute Gasteiger partial charge is 0.478 e. The fourth-order valence-corrected chi connectivity index (χ4v) is 1.32. The van der Waals surface area contributed by atoms with E-state index in [4.69, 9.17) is 10.2 Å².